The number of H-pyrrole nitrogens is 1. The molecule has 0 saturated carbocycles. The molecule has 0 aliphatic rings. The number of rotatable bonds is 6. The Morgan fingerprint density at radius 2 is 2.24 bits per heavy atom. The van der Waals surface area contributed by atoms with Crippen molar-refractivity contribution >= 4 is 23.2 Å². The van der Waals surface area contributed by atoms with Gasteiger partial charge in [-0.2, -0.15) is 0 Å². The van der Waals surface area contributed by atoms with Crippen LogP contribution in [0, 0.1) is 0 Å². The van der Waals surface area contributed by atoms with E-state index in [1.54, 1.807) is 18.2 Å². The number of nitrogens with one attached hydrogen (secondary N) is 2. The molecule has 0 fully saturated rings. The van der Waals surface area contributed by atoms with Crippen molar-refractivity contribution in [1.29, 1.82) is 0 Å². The number of aromatic amines is 1. The fourth-order valence-corrected chi connectivity index (χ4v) is 2.02. The molecule has 2 aromatic rings. The molecule has 7 heteroatoms. The van der Waals surface area contributed by atoms with Crippen molar-refractivity contribution in [3.8, 4) is 5.75 Å². The maximum Gasteiger partial charge on any atom is 0.295 e. The molecule has 0 bridgehead atoms. The van der Waals surface area contributed by atoms with Crippen LogP contribution in [0.1, 0.15) is 36.7 Å². The van der Waals surface area contributed by atoms with Gasteiger partial charge in [-0.1, -0.05) is 18.5 Å². The van der Waals surface area contributed by atoms with Gasteiger partial charge in [0.25, 0.3) is 5.91 Å². The molecule has 1 heterocycles. The molecule has 0 aliphatic carbocycles. The highest BCUT2D eigenvalue weighted by atomic mass is 35.5. The van der Waals surface area contributed by atoms with Crippen molar-refractivity contribution in [2.24, 2.45) is 0 Å². The summed E-state index contributed by atoms with van der Waals surface area (Å²) in [5.74, 6) is 1.02. The van der Waals surface area contributed by atoms with E-state index in [2.05, 4.69) is 20.5 Å². The molecule has 1 amide bonds. The summed E-state index contributed by atoms with van der Waals surface area (Å²) in [5, 5.41) is 9.78. The van der Waals surface area contributed by atoms with Crippen LogP contribution in [-0.2, 0) is 6.42 Å². The number of halogens is 1. The van der Waals surface area contributed by atoms with Crippen LogP contribution in [0.25, 0.3) is 0 Å². The first-order valence-corrected chi connectivity index (χ1v) is 7.16. The number of aromatic nitrogens is 3. The van der Waals surface area contributed by atoms with Gasteiger partial charge in [0.15, 0.2) is 0 Å². The molecule has 0 radical (unpaired) electrons. The fourth-order valence-electron chi connectivity index (χ4n) is 1.78. The van der Waals surface area contributed by atoms with E-state index in [0.29, 0.717) is 28.9 Å². The fraction of sp³-hybridized carbons (Fsp3) is 0.357. The smallest absolute Gasteiger partial charge is 0.295 e. The topological polar surface area (TPSA) is 79.9 Å². The van der Waals surface area contributed by atoms with Crippen molar-refractivity contribution in [1.82, 2.24) is 15.2 Å². The van der Waals surface area contributed by atoms with Crippen LogP contribution in [-0.4, -0.2) is 27.7 Å². The number of hydrogen-bond donors (Lipinski definition) is 2. The van der Waals surface area contributed by atoms with Crippen molar-refractivity contribution < 1.29 is 9.53 Å². The number of hydrogen-bond acceptors (Lipinski definition) is 4. The Labute approximate surface area is 127 Å². The highest BCUT2D eigenvalue weighted by Gasteiger charge is 2.13. The van der Waals surface area contributed by atoms with Crippen LogP contribution in [0.2, 0.25) is 5.02 Å². The molecule has 0 saturated heterocycles. The van der Waals surface area contributed by atoms with Gasteiger partial charge in [-0.05, 0) is 31.5 Å². The van der Waals surface area contributed by atoms with E-state index in [4.69, 9.17) is 16.3 Å². The largest absolute Gasteiger partial charge is 0.492 e. The lowest BCUT2D eigenvalue weighted by atomic mass is 10.3. The summed E-state index contributed by atoms with van der Waals surface area (Å²) in [6, 6.07) is 5.06. The van der Waals surface area contributed by atoms with Crippen LogP contribution in [0.15, 0.2) is 18.2 Å². The quantitative estimate of drug-likeness (QED) is 0.859. The minimum Gasteiger partial charge on any atom is -0.492 e. The molecule has 2 N–H and O–H groups in total. The summed E-state index contributed by atoms with van der Waals surface area (Å²) in [5.41, 5.74) is 0.565. The maximum absolute atomic E-state index is 12.0. The van der Waals surface area contributed by atoms with E-state index >= 15 is 0 Å². The molecule has 2 rings (SSSR count). The second kappa shape index (κ2) is 7.08. The van der Waals surface area contributed by atoms with Crippen LogP contribution < -0.4 is 10.1 Å². The number of benzene rings is 1. The first-order valence-electron chi connectivity index (χ1n) is 6.79. The third kappa shape index (κ3) is 3.95. The minimum absolute atomic E-state index is 0.114. The van der Waals surface area contributed by atoms with E-state index in [1.807, 2.05) is 13.8 Å². The Kier molecular flexibility index (Phi) is 5.16. The predicted octanol–water partition coefficient (Wildman–Crippen LogP) is 3.06. The lowest BCUT2D eigenvalue weighted by Crippen LogP contribution is -2.13. The number of carbonyl (C=O) groups excluding carboxylic acids is 1. The third-order valence-corrected chi connectivity index (χ3v) is 3.01. The van der Waals surface area contributed by atoms with E-state index in [0.717, 1.165) is 12.8 Å². The summed E-state index contributed by atoms with van der Waals surface area (Å²) in [6.07, 6.45) is 1.69. The Balaban J connectivity index is 2.06. The Hall–Kier alpha value is -2.08. The van der Waals surface area contributed by atoms with Gasteiger partial charge in [0.1, 0.15) is 11.6 Å². The molecule has 1 aromatic carbocycles. The standard InChI is InChI=1S/C14H17ClN4O2/c1-3-5-12-17-13(19-18-12)14(20)16-9-6-7-11(21-4-2)10(15)8-9/h6-8H,3-5H2,1-2H3,(H,16,20)(H,17,18,19). The number of aryl methyl sites for hydroxylation is 1. The summed E-state index contributed by atoms with van der Waals surface area (Å²) < 4.78 is 5.34. The van der Waals surface area contributed by atoms with Gasteiger partial charge in [0.05, 0.1) is 11.6 Å². The third-order valence-electron chi connectivity index (χ3n) is 2.71. The molecule has 112 valence electrons. The first-order chi connectivity index (χ1) is 10.1. The summed E-state index contributed by atoms with van der Waals surface area (Å²) in [4.78, 5) is 16.2. The van der Waals surface area contributed by atoms with Gasteiger partial charge in [-0.3, -0.25) is 9.89 Å². The van der Waals surface area contributed by atoms with Crippen LogP contribution in [0.3, 0.4) is 0 Å². The van der Waals surface area contributed by atoms with Gasteiger partial charge < -0.3 is 10.1 Å². The number of nitrogens with zero attached hydrogens (tertiary/aromatic N) is 2. The predicted molar refractivity (Wildman–Crippen MR) is 81.0 cm³/mol. The lowest BCUT2D eigenvalue weighted by Gasteiger charge is -2.08. The van der Waals surface area contributed by atoms with Crippen molar-refractivity contribution in [3.05, 3.63) is 34.9 Å². The second-order valence-corrected chi connectivity index (χ2v) is 4.80. The zero-order valence-corrected chi connectivity index (χ0v) is 12.7. The number of anilines is 1. The Morgan fingerprint density at radius 1 is 1.43 bits per heavy atom. The zero-order valence-electron chi connectivity index (χ0n) is 11.9. The van der Waals surface area contributed by atoms with Crippen molar-refractivity contribution in [2.45, 2.75) is 26.7 Å². The van der Waals surface area contributed by atoms with Gasteiger partial charge >= 0.3 is 0 Å². The molecule has 0 unspecified atom stereocenters. The molecule has 0 aliphatic heterocycles. The zero-order chi connectivity index (χ0) is 15.2. The summed E-state index contributed by atoms with van der Waals surface area (Å²) >= 11 is 6.07. The molecule has 0 spiro atoms. The number of ether oxygens (including phenoxy) is 1. The molecular formula is C14H17ClN4O2. The van der Waals surface area contributed by atoms with Crippen molar-refractivity contribution in [2.75, 3.05) is 11.9 Å². The highest BCUT2D eigenvalue weighted by molar-refractivity contribution is 6.32. The van der Waals surface area contributed by atoms with E-state index in [1.165, 1.54) is 0 Å². The van der Waals surface area contributed by atoms with Crippen molar-refractivity contribution in [3.63, 3.8) is 0 Å². The average molecular weight is 309 g/mol. The average Bonchev–Trinajstić information content (AvgIpc) is 2.91. The lowest BCUT2D eigenvalue weighted by molar-refractivity contribution is 0.101. The van der Waals surface area contributed by atoms with E-state index < -0.39 is 0 Å². The monoisotopic (exact) mass is 308 g/mol. The summed E-state index contributed by atoms with van der Waals surface area (Å²) in [6.45, 7) is 4.44. The Bertz CT molecular complexity index is 627. The first kappa shape index (κ1) is 15.3. The number of carbonyl (C=O) groups is 1. The molecule has 6 nitrogen and oxygen atoms in total. The van der Waals surface area contributed by atoms with Gasteiger partial charge in [0.2, 0.25) is 5.82 Å². The minimum atomic E-state index is -0.381. The Morgan fingerprint density at radius 3 is 2.90 bits per heavy atom. The summed E-state index contributed by atoms with van der Waals surface area (Å²) in [7, 11) is 0. The van der Waals surface area contributed by atoms with Gasteiger partial charge in [-0.15, -0.1) is 5.10 Å². The number of amides is 1. The normalized spacial score (nSPS) is 10.4. The molecule has 1 aromatic heterocycles. The van der Waals surface area contributed by atoms with Gasteiger partial charge in [-0.25, -0.2) is 4.98 Å². The maximum atomic E-state index is 12.0. The van der Waals surface area contributed by atoms with E-state index in [-0.39, 0.29) is 11.7 Å². The van der Waals surface area contributed by atoms with Crippen LogP contribution in [0.4, 0.5) is 5.69 Å². The molecule has 0 atom stereocenters. The van der Waals surface area contributed by atoms with Gasteiger partial charge in [0, 0.05) is 12.1 Å². The van der Waals surface area contributed by atoms with Crippen LogP contribution >= 0.6 is 11.6 Å². The second-order valence-electron chi connectivity index (χ2n) is 4.39. The molecular weight excluding hydrogens is 292 g/mol. The van der Waals surface area contributed by atoms with E-state index in [9.17, 15) is 4.79 Å². The SMILES string of the molecule is CCCc1nc(C(=O)Nc2ccc(OCC)c(Cl)c2)n[nH]1. The molecule has 21 heavy (non-hydrogen) atoms. The highest BCUT2D eigenvalue weighted by Crippen LogP contribution is 2.27. The van der Waals surface area contributed by atoms with Crippen LogP contribution in [0.5, 0.6) is 5.75 Å².